The molecule has 0 radical (unpaired) electrons. The second-order valence-corrected chi connectivity index (χ2v) is 8.63. The largest absolute Gasteiger partial charge is 0.507 e. The lowest BCUT2D eigenvalue weighted by Gasteiger charge is -2.25. The molecule has 0 aliphatic carbocycles. The fourth-order valence-corrected chi connectivity index (χ4v) is 4.34. The molecule has 1 aromatic heterocycles. The Kier molecular flexibility index (Phi) is 7.15. The van der Waals surface area contributed by atoms with Gasteiger partial charge in [-0.05, 0) is 49.6 Å². The Hall–Kier alpha value is -4.13. The predicted octanol–water partition coefficient (Wildman–Crippen LogP) is 4.58. The molecule has 0 bridgehead atoms. The summed E-state index contributed by atoms with van der Waals surface area (Å²) in [6.07, 6.45) is 7.56. The summed E-state index contributed by atoms with van der Waals surface area (Å²) >= 11 is 0. The van der Waals surface area contributed by atoms with Gasteiger partial charge in [0.1, 0.15) is 18.1 Å². The van der Waals surface area contributed by atoms with Crippen molar-refractivity contribution in [2.75, 3.05) is 13.2 Å². The van der Waals surface area contributed by atoms with Crippen LogP contribution in [0, 0.1) is 13.8 Å². The first-order valence-corrected chi connectivity index (χ1v) is 11.6. The van der Waals surface area contributed by atoms with Crippen LogP contribution >= 0.6 is 0 Å². The van der Waals surface area contributed by atoms with E-state index in [4.69, 9.17) is 4.74 Å². The molecule has 4 rings (SSSR count). The van der Waals surface area contributed by atoms with Gasteiger partial charge in [-0.15, -0.1) is 0 Å². The number of carbonyl (C=O) groups is 2. The Labute approximate surface area is 205 Å². The lowest BCUT2D eigenvalue weighted by molar-refractivity contribution is -0.139. The smallest absolute Gasteiger partial charge is 0.295 e. The third kappa shape index (κ3) is 5.04. The average molecular weight is 472 g/mol. The number of ketones is 1. The van der Waals surface area contributed by atoms with E-state index in [2.05, 4.69) is 11.6 Å². The number of rotatable bonds is 9. The molecule has 1 unspecified atom stereocenters. The zero-order chi connectivity index (χ0) is 24.9. The standard InChI is InChI=1S/C28H29N3O4/c1-4-16-35-22-10-8-21(9-11-22)25-24(26(32)23-17-19(2)6-7-20(23)3)27(33)28(34)31(25)14-5-13-30-15-12-29-18-30/h4,6-12,15,17-18,25,32H,1,5,13-14,16H2,2-3H3. The number of hydrogen-bond acceptors (Lipinski definition) is 5. The molecule has 0 spiro atoms. The van der Waals surface area contributed by atoms with Crippen molar-refractivity contribution >= 4 is 17.4 Å². The number of nitrogens with zero attached hydrogens (tertiary/aromatic N) is 3. The number of aryl methyl sites for hydroxylation is 3. The molecule has 1 fully saturated rings. The Balaban J connectivity index is 1.74. The minimum Gasteiger partial charge on any atom is -0.507 e. The van der Waals surface area contributed by atoms with E-state index in [-0.39, 0.29) is 11.3 Å². The number of aliphatic hydroxyl groups excluding tert-OH is 1. The van der Waals surface area contributed by atoms with Gasteiger partial charge < -0.3 is 19.3 Å². The highest BCUT2D eigenvalue weighted by atomic mass is 16.5. The number of imidazole rings is 1. The van der Waals surface area contributed by atoms with Crippen molar-refractivity contribution in [3.05, 3.63) is 102 Å². The van der Waals surface area contributed by atoms with Crippen LogP contribution in [-0.4, -0.2) is 44.4 Å². The highest BCUT2D eigenvalue weighted by Gasteiger charge is 2.45. The van der Waals surface area contributed by atoms with Gasteiger partial charge in [-0.2, -0.15) is 0 Å². The van der Waals surface area contributed by atoms with Crippen LogP contribution in [0.1, 0.15) is 34.7 Å². The van der Waals surface area contributed by atoms with Gasteiger partial charge in [-0.25, -0.2) is 4.98 Å². The van der Waals surface area contributed by atoms with Crippen LogP contribution in [-0.2, 0) is 16.1 Å². The molecular weight excluding hydrogens is 442 g/mol. The van der Waals surface area contributed by atoms with E-state index in [1.165, 1.54) is 0 Å². The van der Waals surface area contributed by atoms with E-state index in [9.17, 15) is 14.7 Å². The zero-order valence-corrected chi connectivity index (χ0v) is 20.0. The lowest BCUT2D eigenvalue weighted by atomic mass is 9.93. The number of likely N-dealkylation sites (tertiary alicyclic amines) is 1. The number of amides is 1. The molecule has 3 aromatic rings. The van der Waals surface area contributed by atoms with Crippen LogP contribution in [0.5, 0.6) is 5.75 Å². The summed E-state index contributed by atoms with van der Waals surface area (Å²) in [6, 6.07) is 12.2. The summed E-state index contributed by atoms with van der Waals surface area (Å²) in [6.45, 7) is 8.83. The normalized spacial score (nSPS) is 17.1. The van der Waals surface area contributed by atoms with Crippen LogP contribution in [0.4, 0.5) is 0 Å². The van der Waals surface area contributed by atoms with Crippen molar-refractivity contribution < 1.29 is 19.4 Å². The van der Waals surface area contributed by atoms with E-state index in [0.29, 0.717) is 37.4 Å². The molecule has 2 aromatic carbocycles. The maximum atomic E-state index is 13.3. The summed E-state index contributed by atoms with van der Waals surface area (Å²) in [7, 11) is 0. The zero-order valence-electron chi connectivity index (χ0n) is 20.0. The van der Waals surface area contributed by atoms with Crippen LogP contribution in [0.15, 0.2) is 79.4 Å². The molecule has 1 saturated heterocycles. The summed E-state index contributed by atoms with van der Waals surface area (Å²) in [5, 5.41) is 11.3. The number of aliphatic hydroxyl groups is 1. The summed E-state index contributed by atoms with van der Waals surface area (Å²) in [5.41, 5.74) is 3.16. The first kappa shape index (κ1) is 24.0. The number of Topliss-reactive ketones (excluding diaryl/α,β-unsaturated/α-hetero) is 1. The highest BCUT2D eigenvalue weighted by Crippen LogP contribution is 2.40. The quantitative estimate of drug-likeness (QED) is 0.214. The Bertz CT molecular complexity index is 1260. The lowest BCUT2D eigenvalue weighted by Crippen LogP contribution is -2.31. The Morgan fingerprint density at radius 2 is 1.91 bits per heavy atom. The average Bonchev–Trinajstić information content (AvgIpc) is 3.46. The van der Waals surface area contributed by atoms with Gasteiger partial charge in [0.15, 0.2) is 0 Å². The summed E-state index contributed by atoms with van der Waals surface area (Å²) in [4.78, 5) is 32.0. The van der Waals surface area contributed by atoms with Crippen molar-refractivity contribution in [2.45, 2.75) is 32.9 Å². The van der Waals surface area contributed by atoms with E-state index in [1.54, 1.807) is 35.6 Å². The topological polar surface area (TPSA) is 84.7 Å². The second-order valence-electron chi connectivity index (χ2n) is 8.63. The first-order valence-electron chi connectivity index (χ1n) is 11.6. The van der Waals surface area contributed by atoms with E-state index in [1.807, 2.05) is 54.9 Å². The molecule has 7 nitrogen and oxygen atoms in total. The molecule has 1 aliphatic heterocycles. The van der Waals surface area contributed by atoms with Crippen LogP contribution in [0.2, 0.25) is 0 Å². The number of carbonyl (C=O) groups excluding carboxylic acids is 2. The third-order valence-electron chi connectivity index (χ3n) is 6.13. The third-order valence-corrected chi connectivity index (χ3v) is 6.13. The van der Waals surface area contributed by atoms with Gasteiger partial charge >= 0.3 is 0 Å². The SMILES string of the molecule is C=CCOc1ccc(C2C(=C(O)c3cc(C)ccc3C)C(=O)C(=O)N2CCCn2ccnc2)cc1. The van der Waals surface area contributed by atoms with Gasteiger partial charge in [-0.3, -0.25) is 9.59 Å². The molecular formula is C28H29N3O4. The maximum absolute atomic E-state index is 13.3. The first-order chi connectivity index (χ1) is 16.9. The molecule has 35 heavy (non-hydrogen) atoms. The molecule has 1 atom stereocenters. The molecule has 1 N–H and O–H groups in total. The summed E-state index contributed by atoms with van der Waals surface area (Å²) < 4.78 is 7.51. The van der Waals surface area contributed by atoms with Crippen LogP contribution in [0.3, 0.4) is 0 Å². The predicted molar refractivity (Wildman–Crippen MR) is 134 cm³/mol. The van der Waals surface area contributed by atoms with E-state index in [0.717, 1.165) is 16.7 Å². The van der Waals surface area contributed by atoms with Crippen molar-refractivity contribution in [2.24, 2.45) is 0 Å². The number of benzene rings is 2. The Morgan fingerprint density at radius 1 is 1.14 bits per heavy atom. The van der Waals surface area contributed by atoms with E-state index >= 15 is 0 Å². The van der Waals surface area contributed by atoms with Crippen molar-refractivity contribution in [1.29, 1.82) is 0 Å². The molecule has 1 amide bonds. The van der Waals surface area contributed by atoms with Crippen LogP contribution in [0.25, 0.3) is 5.76 Å². The molecule has 0 saturated carbocycles. The van der Waals surface area contributed by atoms with Crippen LogP contribution < -0.4 is 4.74 Å². The van der Waals surface area contributed by atoms with Gasteiger partial charge in [0.05, 0.1) is 17.9 Å². The number of aromatic nitrogens is 2. The Morgan fingerprint density at radius 3 is 2.60 bits per heavy atom. The van der Waals surface area contributed by atoms with Crippen molar-refractivity contribution in [1.82, 2.24) is 14.5 Å². The van der Waals surface area contributed by atoms with Gasteiger partial charge in [0, 0.05) is 31.0 Å². The monoisotopic (exact) mass is 471 g/mol. The number of ether oxygens (including phenoxy) is 1. The van der Waals surface area contributed by atoms with Gasteiger partial charge in [0.25, 0.3) is 11.7 Å². The highest BCUT2D eigenvalue weighted by molar-refractivity contribution is 6.46. The maximum Gasteiger partial charge on any atom is 0.295 e. The molecule has 2 heterocycles. The molecule has 180 valence electrons. The second kappa shape index (κ2) is 10.4. The fraction of sp³-hybridized carbons (Fsp3) is 0.250. The van der Waals surface area contributed by atoms with Crippen molar-refractivity contribution in [3.8, 4) is 5.75 Å². The minimum absolute atomic E-state index is 0.103. The van der Waals surface area contributed by atoms with Gasteiger partial charge in [0.2, 0.25) is 0 Å². The fourth-order valence-electron chi connectivity index (χ4n) is 4.34. The van der Waals surface area contributed by atoms with Gasteiger partial charge in [-0.1, -0.05) is 42.5 Å². The minimum atomic E-state index is -0.703. The molecule has 7 heteroatoms. The molecule has 1 aliphatic rings. The van der Waals surface area contributed by atoms with E-state index < -0.39 is 17.7 Å². The summed E-state index contributed by atoms with van der Waals surface area (Å²) in [5.74, 6) is -0.790. The van der Waals surface area contributed by atoms with Crippen molar-refractivity contribution in [3.63, 3.8) is 0 Å². The number of hydrogen-bond donors (Lipinski definition) is 1.